The molecule has 0 spiro atoms. The summed E-state index contributed by atoms with van der Waals surface area (Å²) in [5, 5.41) is 10.6. The average molecular weight is 361 g/mol. The van der Waals surface area contributed by atoms with Crippen LogP contribution in [-0.2, 0) is 0 Å². The van der Waals surface area contributed by atoms with Crippen molar-refractivity contribution in [2.45, 2.75) is 0 Å². The van der Waals surface area contributed by atoms with E-state index in [-0.39, 0.29) is 11.2 Å². The van der Waals surface area contributed by atoms with Crippen molar-refractivity contribution in [3.8, 4) is 22.6 Å². The molecule has 0 unspecified atom stereocenters. The van der Waals surface area contributed by atoms with Gasteiger partial charge in [0.05, 0.1) is 17.6 Å². The third-order valence-corrected chi connectivity index (χ3v) is 3.59. The van der Waals surface area contributed by atoms with Gasteiger partial charge >= 0.3 is 0 Å². The van der Waals surface area contributed by atoms with Crippen LogP contribution in [0.1, 0.15) is 0 Å². The molecule has 0 saturated carbocycles. The normalized spacial score (nSPS) is 10.8. The molecule has 0 atom stereocenters. The summed E-state index contributed by atoms with van der Waals surface area (Å²) in [5.74, 6) is 0.815. The first-order valence-electron chi connectivity index (χ1n) is 6.73. The molecule has 1 N–H and O–H groups in total. The fourth-order valence-corrected chi connectivity index (χ4v) is 2.36. The molecule has 2 aromatic carbocycles. The Balaban J connectivity index is 2.06. The van der Waals surface area contributed by atoms with Crippen LogP contribution in [0.3, 0.4) is 0 Å². The van der Waals surface area contributed by atoms with E-state index in [9.17, 15) is 9.90 Å². The van der Waals surface area contributed by atoms with Crippen molar-refractivity contribution in [3.05, 3.63) is 59.0 Å². The van der Waals surface area contributed by atoms with Crippen LogP contribution in [0.5, 0.6) is 11.5 Å². The summed E-state index contributed by atoms with van der Waals surface area (Å²) >= 11 is 3.29. The monoisotopic (exact) mass is 360 g/mol. The molecular weight excluding hydrogens is 348 g/mol. The van der Waals surface area contributed by atoms with Gasteiger partial charge in [-0.1, -0.05) is 28.1 Å². The van der Waals surface area contributed by atoms with Crippen LogP contribution in [0.4, 0.5) is 0 Å². The molecule has 1 aromatic heterocycles. The lowest BCUT2D eigenvalue weighted by Gasteiger charge is -2.06. The van der Waals surface area contributed by atoms with Gasteiger partial charge in [0.2, 0.25) is 0 Å². The number of benzene rings is 2. The van der Waals surface area contributed by atoms with E-state index >= 15 is 0 Å². The predicted octanol–water partition coefficient (Wildman–Crippen LogP) is 3.94. The highest BCUT2D eigenvalue weighted by molar-refractivity contribution is 9.09. The number of rotatable bonds is 4. The minimum absolute atomic E-state index is 0.112. The van der Waals surface area contributed by atoms with Crippen molar-refractivity contribution >= 4 is 26.9 Å². The summed E-state index contributed by atoms with van der Waals surface area (Å²) in [7, 11) is 0. The highest BCUT2D eigenvalue weighted by Crippen LogP contribution is 2.24. The third kappa shape index (κ3) is 2.85. The summed E-state index contributed by atoms with van der Waals surface area (Å²) in [5.41, 5.74) is 1.54. The van der Waals surface area contributed by atoms with Crippen LogP contribution in [-0.4, -0.2) is 17.0 Å². The topological polar surface area (TPSA) is 59.7 Å². The van der Waals surface area contributed by atoms with E-state index in [1.807, 2.05) is 0 Å². The standard InChI is InChI=1S/C17H13BrO4/c18-7-8-21-13-5-6-14-16(9-13)22-10-15(17(14)20)11-1-3-12(19)4-2-11/h1-6,9-10,19H,7-8H2. The zero-order valence-corrected chi connectivity index (χ0v) is 13.2. The van der Waals surface area contributed by atoms with Gasteiger partial charge < -0.3 is 14.3 Å². The summed E-state index contributed by atoms with van der Waals surface area (Å²) in [4.78, 5) is 12.6. The fraction of sp³-hybridized carbons (Fsp3) is 0.118. The molecule has 0 fully saturated rings. The summed E-state index contributed by atoms with van der Waals surface area (Å²) < 4.78 is 11.1. The molecule has 0 amide bonds. The van der Waals surface area contributed by atoms with Gasteiger partial charge in [0, 0.05) is 11.4 Å². The van der Waals surface area contributed by atoms with Crippen molar-refractivity contribution < 1.29 is 14.3 Å². The number of alkyl halides is 1. The Bertz CT molecular complexity index is 853. The van der Waals surface area contributed by atoms with E-state index in [0.29, 0.717) is 34.5 Å². The van der Waals surface area contributed by atoms with E-state index in [0.717, 1.165) is 5.33 Å². The molecule has 0 aliphatic heterocycles. The van der Waals surface area contributed by atoms with Gasteiger partial charge in [-0.25, -0.2) is 0 Å². The SMILES string of the molecule is O=c1c(-c2ccc(O)cc2)coc2cc(OCCBr)ccc12. The maximum Gasteiger partial charge on any atom is 0.200 e. The Kier molecular flexibility index (Phi) is 4.15. The van der Waals surface area contributed by atoms with Crippen molar-refractivity contribution in [1.82, 2.24) is 0 Å². The van der Waals surface area contributed by atoms with Crippen molar-refractivity contribution in [2.24, 2.45) is 0 Å². The van der Waals surface area contributed by atoms with Gasteiger partial charge in [-0.3, -0.25) is 4.79 Å². The number of phenolic OH excluding ortho intramolecular Hbond substituents is 1. The molecule has 1 heterocycles. The van der Waals surface area contributed by atoms with E-state index < -0.39 is 0 Å². The second kappa shape index (κ2) is 6.23. The number of ether oxygens (including phenoxy) is 1. The highest BCUT2D eigenvalue weighted by Gasteiger charge is 2.10. The van der Waals surface area contributed by atoms with Crippen molar-refractivity contribution in [1.29, 1.82) is 0 Å². The van der Waals surface area contributed by atoms with E-state index in [2.05, 4.69) is 15.9 Å². The van der Waals surface area contributed by atoms with Gasteiger partial charge in [0.15, 0.2) is 5.43 Å². The van der Waals surface area contributed by atoms with E-state index in [1.54, 1.807) is 30.3 Å². The molecule has 5 heteroatoms. The largest absolute Gasteiger partial charge is 0.508 e. The van der Waals surface area contributed by atoms with Gasteiger partial charge in [-0.05, 0) is 29.8 Å². The van der Waals surface area contributed by atoms with Crippen LogP contribution >= 0.6 is 15.9 Å². The Morgan fingerprint density at radius 1 is 1.14 bits per heavy atom. The molecule has 0 aliphatic carbocycles. The first-order valence-corrected chi connectivity index (χ1v) is 7.85. The lowest BCUT2D eigenvalue weighted by atomic mass is 10.1. The minimum atomic E-state index is -0.112. The van der Waals surface area contributed by atoms with Gasteiger partial charge in [0.1, 0.15) is 23.3 Å². The summed E-state index contributed by atoms with van der Waals surface area (Å²) in [6.07, 6.45) is 1.44. The zero-order chi connectivity index (χ0) is 15.5. The molecule has 0 radical (unpaired) electrons. The second-order valence-corrected chi connectivity index (χ2v) is 5.51. The Hall–Kier alpha value is -2.27. The van der Waals surface area contributed by atoms with Crippen molar-refractivity contribution in [2.75, 3.05) is 11.9 Å². The van der Waals surface area contributed by atoms with Crippen LogP contribution < -0.4 is 10.2 Å². The number of aromatic hydroxyl groups is 1. The molecular formula is C17H13BrO4. The molecule has 0 bridgehead atoms. The number of halogens is 1. The quantitative estimate of drug-likeness (QED) is 0.715. The van der Waals surface area contributed by atoms with Gasteiger partial charge in [-0.2, -0.15) is 0 Å². The summed E-state index contributed by atoms with van der Waals surface area (Å²) in [6, 6.07) is 11.6. The molecule has 22 heavy (non-hydrogen) atoms. The number of hydrogen-bond donors (Lipinski definition) is 1. The van der Waals surface area contributed by atoms with E-state index in [4.69, 9.17) is 9.15 Å². The van der Waals surface area contributed by atoms with Crippen molar-refractivity contribution in [3.63, 3.8) is 0 Å². The van der Waals surface area contributed by atoms with Crippen LogP contribution in [0.2, 0.25) is 0 Å². The smallest absolute Gasteiger partial charge is 0.200 e. The maximum atomic E-state index is 12.6. The molecule has 0 saturated heterocycles. The maximum absolute atomic E-state index is 12.6. The molecule has 3 aromatic rings. The number of hydrogen-bond acceptors (Lipinski definition) is 4. The molecule has 3 rings (SSSR count). The Morgan fingerprint density at radius 2 is 1.91 bits per heavy atom. The van der Waals surface area contributed by atoms with E-state index in [1.165, 1.54) is 18.4 Å². The second-order valence-electron chi connectivity index (χ2n) is 4.72. The molecule has 112 valence electrons. The predicted molar refractivity (Wildman–Crippen MR) is 88.9 cm³/mol. The van der Waals surface area contributed by atoms with Crippen LogP contribution in [0.15, 0.2) is 57.9 Å². The number of phenols is 1. The fourth-order valence-electron chi connectivity index (χ4n) is 2.20. The third-order valence-electron chi connectivity index (χ3n) is 3.27. The molecule has 4 nitrogen and oxygen atoms in total. The van der Waals surface area contributed by atoms with Crippen LogP contribution in [0.25, 0.3) is 22.1 Å². The van der Waals surface area contributed by atoms with Gasteiger partial charge in [-0.15, -0.1) is 0 Å². The average Bonchev–Trinajstić information content (AvgIpc) is 2.54. The lowest BCUT2D eigenvalue weighted by Crippen LogP contribution is -2.05. The Labute approximate surface area is 135 Å². The van der Waals surface area contributed by atoms with Crippen LogP contribution in [0, 0.1) is 0 Å². The first kappa shape index (κ1) is 14.7. The minimum Gasteiger partial charge on any atom is -0.508 e. The first-order chi connectivity index (χ1) is 10.7. The summed E-state index contributed by atoms with van der Waals surface area (Å²) in [6.45, 7) is 0.543. The lowest BCUT2D eigenvalue weighted by molar-refractivity contribution is 0.345. The molecule has 0 aliphatic rings. The zero-order valence-electron chi connectivity index (χ0n) is 11.6. The Morgan fingerprint density at radius 3 is 2.64 bits per heavy atom. The number of fused-ring (bicyclic) bond motifs is 1. The highest BCUT2D eigenvalue weighted by atomic mass is 79.9. The van der Waals surface area contributed by atoms with Gasteiger partial charge in [0.25, 0.3) is 0 Å².